The summed E-state index contributed by atoms with van der Waals surface area (Å²) in [7, 11) is 3.13. The van der Waals surface area contributed by atoms with E-state index in [-0.39, 0.29) is 16.7 Å². The number of H-pyrrole nitrogens is 1. The molecule has 0 amide bonds. The highest BCUT2D eigenvalue weighted by Crippen LogP contribution is 2.42. The second-order valence-corrected chi connectivity index (χ2v) is 8.73. The molecule has 0 radical (unpaired) electrons. The minimum atomic E-state index is -0.509. The fourth-order valence-electron chi connectivity index (χ4n) is 4.93. The number of hydrogen-bond acceptors (Lipinski definition) is 6. The van der Waals surface area contributed by atoms with Crippen LogP contribution >= 0.6 is 0 Å². The second-order valence-electron chi connectivity index (χ2n) is 8.73. The lowest BCUT2D eigenvalue weighted by molar-refractivity contribution is 0.0974. The maximum absolute atomic E-state index is 14.2. The molecule has 2 aromatic heterocycles. The van der Waals surface area contributed by atoms with Crippen molar-refractivity contribution in [1.29, 1.82) is 0 Å². The monoisotopic (exact) mass is 427 g/mol. The third kappa shape index (κ3) is 3.27. The van der Waals surface area contributed by atoms with E-state index in [1.54, 1.807) is 17.7 Å². The van der Waals surface area contributed by atoms with E-state index in [4.69, 9.17) is 14.5 Å². The minimum Gasteiger partial charge on any atom is -0.494 e. The van der Waals surface area contributed by atoms with Gasteiger partial charge in [-0.1, -0.05) is 0 Å². The van der Waals surface area contributed by atoms with Gasteiger partial charge in [-0.15, -0.1) is 0 Å². The van der Waals surface area contributed by atoms with E-state index < -0.39 is 5.82 Å². The van der Waals surface area contributed by atoms with Crippen molar-refractivity contribution in [3.8, 4) is 17.0 Å². The van der Waals surface area contributed by atoms with Crippen molar-refractivity contribution >= 4 is 17.0 Å². The normalized spacial score (nSPS) is 20.6. The van der Waals surface area contributed by atoms with Crippen molar-refractivity contribution in [2.24, 2.45) is 12.5 Å². The Morgan fingerprint density at radius 2 is 2.10 bits per heavy atom. The first-order valence-electron chi connectivity index (χ1n) is 10.6. The Hall–Kier alpha value is -2.94. The molecule has 0 unspecified atom stereocenters. The fourth-order valence-corrected chi connectivity index (χ4v) is 4.93. The van der Waals surface area contributed by atoms with Gasteiger partial charge in [0.25, 0.3) is 5.56 Å². The average Bonchev–Trinajstić information content (AvgIpc) is 3.35. The van der Waals surface area contributed by atoms with Gasteiger partial charge < -0.3 is 14.4 Å². The Balaban J connectivity index is 1.48. The topological polar surface area (TPSA) is 85.3 Å². The summed E-state index contributed by atoms with van der Waals surface area (Å²) in [6.07, 6.45) is 3.45. The number of nitrogens with one attached hydrogen (secondary N) is 1. The van der Waals surface area contributed by atoms with Gasteiger partial charge in [0.2, 0.25) is 5.95 Å². The standard InChI is InChI=1S/C22H26FN5O3/c1-13-11-22(12-31-13)6-8-28(9-7-22)21-24-19-17(20(29)27(21)2)18(25-26-19)14-4-5-16(30-3)15(23)10-14/h4-5,10,13H,6-9,11-12H2,1-3H3,(H,25,26)/t13-/m0/s1. The van der Waals surface area contributed by atoms with Crippen LogP contribution in [0.1, 0.15) is 26.2 Å². The summed E-state index contributed by atoms with van der Waals surface area (Å²) >= 11 is 0. The van der Waals surface area contributed by atoms with Crippen LogP contribution in [0.2, 0.25) is 0 Å². The van der Waals surface area contributed by atoms with Crippen molar-refractivity contribution in [2.75, 3.05) is 31.7 Å². The molecular weight excluding hydrogens is 401 g/mol. The number of methoxy groups -OCH3 is 1. The molecule has 3 aromatic rings. The van der Waals surface area contributed by atoms with Crippen LogP contribution in [0.15, 0.2) is 23.0 Å². The number of nitrogens with zero attached hydrogens (tertiary/aromatic N) is 4. The molecule has 4 heterocycles. The van der Waals surface area contributed by atoms with Crippen LogP contribution in [0.25, 0.3) is 22.3 Å². The van der Waals surface area contributed by atoms with Crippen LogP contribution in [0, 0.1) is 11.2 Å². The van der Waals surface area contributed by atoms with Crippen LogP contribution < -0.4 is 15.2 Å². The Labute approximate surface area is 179 Å². The van der Waals surface area contributed by atoms with Crippen LogP contribution in [-0.2, 0) is 11.8 Å². The maximum Gasteiger partial charge on any atom is 0.266 e. The van der Waals surface area contributed by atoms with Gasteiger partial charge in [0.15, 0.2) is 17.2 Å². The number of fused-ring (bicyclic) bond motifs is 1. The average molecular weight is 427 g/mol. The van der Waals surface area contributed by atoms with Gasteiger partial charge in [0.1, 0.15) is 11.1 Å². The van der Waals surface area contributed by atoms with Gasteiger partial charge in [-0.25, -0.2) is 4.39 Å². The van der Waals surface area contributed by atoms with Gasteiger partial charge in [0.05, 0.1) is 19.8 Å². The summed E-state index contributed by atoms with van der Waals surface area (Å²) in [5, 5.41) is 7.48. The number of anilines is 1. The highest BCUT2D eigenvalue weighted by molar-refractivity contribution is 5.90. The predicted octanol–water partition coefficient (Wildman–Crippen LogP) is 2.87. The molecule has 1 aromatic carbocycles. The van der Waals surface area contributed by atoms with Crippen molar-refractivity contribution in [1.82, 2.24) is 19.7 Å². The maximum atomic E-state index is 14.2. The molecule has 8 nitrogen and oxygen atoms in total. The van der Waals surface area contributed by atoms with E-state index in [1.165, 1.54) is 19.2 Å². The Kier molecular flexibility index (Phi) is 4.73. The number of benzene rings is 1. The number of hydrogen-bond donors (Lipinski definition) is 1. The molecule has 31 heavy (non-hydrogen) atoms. The molecule has 1 spiro atoms. The van der Waals surface area contributed by atoms with Crippen LogP contribution in [-0.4, -0.2) is 52.7 Å². The third-order valence-corrected chi connectivity index (χ3v) is 6.70. The first kappa shape index (κ1) is 20.0. The number of halogens is 1. The van der Waals surface area contributed by atoms with Gasteiger partial charge in [0, 0.05) is 25.7 Å². The largest absolute Gasteiger partial charge is 0.494 e. The van der Waals surface area contributed by atoms with Gasteiger partial charge in [-0.05, 0) is 49.8 Å². The number of aromatic amines is 1. The van der Waals surface area contributed by atoms with Gasteiger partial charge in [-0.2, -0.15) is 10.1 Å². The number of piperidine rings is 1. The molecular formula is C22H26FN5O3. The molecule has 2 aliphatic heterocycles. The second kappa shape index (κ2) is 7.33. The Bertz CT molecular complexity index is 1200. The highest BCUT2D eigenvalue weighted by atomic mass is 19.1. The lowest BCUT2D eigenvalue weighted by Crippen LogP contribution is -2.43. The molecule has 5 rings (SSSR count). The molecule has 2 aliphatic rings. The van der Waals surface area contributed by atoms with E-state index in [0.717, 1.165) is 39.0 Å². The predicted molar refractivity (Wildman–Crippen MR) is 115 cm³/mol. The van der Waals surface area contributed by atoms with E-state index in [9.17, 15) is 9.18 Å². The van der Waals surface area contributed by atoms with Crippen LogP contribution in [0.5, 0.6) is 5.75 Å². The van der Waals surface area contributed by atoms with Crippen molar-refractivity contribution in [3.63, 3.8) is 0 Å². The van der Waals surface area contributed by atoms with E-state index in [2.05, 4.69) is 22.0 Å². The minimum absolute atomic E-state index is 0.141. The van der Waals surface area contributed by atoms with E-state index in [0.29, 0.717) is 34.3 Å². The molecule has 0 aliphatic carbocycles. The summed E-state index contributed by atoms with van der Waals surface area (Å²) < 4.78 is 26.6. The van der Waals surface area contributed by atoms with Gasteiger partial charge in [-0.3, -0.25) is 14.5 Å². The number of aromatic nitrogens is 4. The zero-order chi connectivity index (χ0) is 21.8. The SMILES string of the molecule is COc1ccc(-c2n[nH]c3nc(N4CCC5(CC4)CO[C@@H](C)C5)n(C)c(=O)c23)cc1F. The highest BCUT2D eigenvalue weighted by Gasteiger charge is 2.41. The molecule has 9 heteroatoms. The van der Waals surface area contributed by atoms with Gasteiger partial charge >= 0.3 is 0 Å². The zero-order valence-corrected chi connectivity index (χ0v) is 17.9. The number of ether oxygens (including phenoxy) is 2. The summed E-state index contributed by atoms with van der Waals surface area (Å²) in [6.45, 7) is 4.60. The smallest absolute Gasteiger partial charge is 0.266 e. The Morgan fingerprint density at radius 1 is 1.32 bits per heavy atom. The first-order valence-corrected chi connectivity index (χ1v) is 10.6. The van der Waals surface area contributed by atoms with E-state index >= 15 is 0 Å². The molecule has 1 N–H and O–H groups in total. The summed E-state index contributed by atoms with van der Waals surface area (Å²) in [4.78, 5) is 20.1. The zero-order valence-electron chi connectivity index (χ0n) is 17.9. The lowest BCUT2D eigenvalue weighted by atomic mass is 9.77. The first-order chi connectivity index (χ1) is 14.9. The summed E-state index contributed by atoms with van der Waals surface area (Å²) in [5.74, 6) is 0.252. The molecule has 0 bridgehead atoms. The third-order valence-electron chi connectivity index (χ3n) is 6.70. The number of rotatable bonds is 3. The molecule has 1 atom stereocenters. The van der Waals surface area contributed by atoms with Crippen LogP contribution in [0.4, 0.5) is 10.3 Å². The molecule has 164 valence electrons. The Morgan fingerprint density at radius 3 is 2.74 bits per heavy atom. The van der Waals surface area contributed by atoms with Crippen molar-refractivity contribution in [3.05, 3.63) is 34.4 Å². The molecule has 2 fully saturated rings. The fraction of sp³-hybridized carbons (Fsp3) is 0.500. The van der Waals surface area contributed by atoms with Crippen molar-refractivity contribution < 1.29 is 13.9 Å². The molecule has 0 saturated carbocycles. The summed E-state index contributed by atoms with van der Waals surface area (Å²) in [5.41, 5.74) is 1.32. The quantitative estimate of drug-likeness (QED) is 0.692. The summed E-state index contributed by atoms with van der Waals surface area (Å²) in [6, 6.07) is 4.52. The van der Waals surface area contributed by atoms with Crippen LogP contribution in [0.3, 0.4) is 0 Å². The lowest BCUT2D eigenvalue weighted by Gasteiger charge is -2.39. The van der Waals surface area contributed by atoms with E-state index in [1.807, 2.05) is 0 Å². The molecule has 2 saturated heterocycles. The van der Waals surface area contributed by atoms with Crippen molar-refractivity contribution in [2.45, 2.75) is 32.3 Å².